The first kappa shape index (κ1) is 35.0. The first-order chi connectivity index (χ1) is 24.9. The lowest BCUT2D eigenvalue weighted by Crippen LogP contribution is -2.62. The molecule has 1 atom stereocenters. The number of ether oxygens (including phenoxy) is 2. The quantitative estimate of drug-likeness (QED) is 0.168. The molecule has 8 rings (SSSR count). The monoisotopic (exact) mass is 741 g/mol. The zero-order valence-electron chi connectivity index (χ0n) is 30.2. The standard InChI is InChI=1S/C40H44ClN5O5S/c1-22-18-30-36(33(23-6-9-26(41)10-7-23)32(22)35(38(47)48)51-40(2,3)4)52-37(42-30)25-8-13-31-29(19-25)34(43-46(31)27-11-12-27)24-14-16-44(17-15-24)28-20-45(21-28)39(49)50-5/h6-10,13,18-19,24,27-28,35H,11-12,14-17,20-21H2,1-5H3,(H,47,48)/t35-/m0/s1. The van der Waals surface area contributed by atoms with Crippen molar-refractivity contribution in [2.24, 2.45) is 0 Å². The van der Waals surface area contributed by atoms with Crippen molar-refractivity contribution in [3.05, 3.63) is 70.4 Å². The van der Waals surface area contributed by atoms with Crippen LogP contribution in [0, 0.1) is 6.92 Å². The van der Waals surface area contributed by atoms with Crippen LogP contribution in [0.5, 0.6) is 0 Å². The molecule has 4 heterocycles. The van der Waals surface area contributed by atoms with Crippen molar-refractivity contribution in [1.29, 1.82) is 0 Å². The Morgan fingerprint density at radius 3 is 2.31 bits per heavy atom. The van der Waals surface area contributed by atoms with Crippen molar-refractivity contribution in [2.45, 2.75) is 83.1 Å². The van der Waals surface area contributed by atoms with E-state index in [0.29, 0.717) is 28.6 Å². The SMILES string of the molecule is COC(=O)N1CC(N2CCC(c3nn(C4CC4)c4ccc(-c5nc6cc(C)c([C@H](OC(C)(C)C)C(=O)O)c(-c7ccc(Cl)cc7)c6s5)cc34)CC2)C1. The van der Waals surface area contributed by atoms with Crippen LogP contribution in [0.3, 0.4) is 0 Å². The van der Waals surface area contributed by atoms with E-state index < -0.39 is 17.7 Å². The third kappa shape index (κ3) is 6.57. The van der Waals surface area contributed by atoms with Gasteiger partial charge in [0.25, 0.3) is 0 Å². The molecular weight excluding hydrogens is 698 g/mol. The molecule has 0 unspecified atom stereocenters. The molecule has 1 aliphatic carbocycles. The highest BCUT2D eigenvalue weighted by molar-refractivity contribution is 7.22. The summed E-state index contributed by atoms with van der Waals surface area (Å²) in [6.45, 7) is 11.0. The predicted molar refractivity (Wildman–Crippen MR) is 204 cm³/mol. The van der Waals surface area contributed by atoms with E-state index in [4.69, 9.17) is 31.2 Å². The van der Waals surface area contributed by atoms with Crippen LogP contribution in [0.25, 0.3) is 42.8 Å². The van der Waals surface area contributed by atoms with Crippen LogP contribution in [-0.4, -0.2) is 86.7 Å². The fourth-order valence-electron chi connectivity index (χ4n) is 7.86. The van der Waals surface area contributed by atoms with Crippen molar-refractivity contribution in [1.82, 2.24) is 24.6 Å². The van der Waals surface area contributed by atoms with Gasteiger partial charge in [0.1, 0.15) is 5.01 Å². The number of halogens is 1. The highest BCUT2D eigenvalue weighted by Gasteiger charge is 2.38. The number of nitrogens with zero attached hydrogens (tertiary/aromatic N) is 5. The molecule has 1 N–H and O–H groups in total. The highest BCUT2D eigenvalue weighted by atomic mass is 35.5. The Morgan fingerprint density at radius 1 is 0.981 bits per heavy atom. The molecule has 1 saturated carbocycles. The molecule has 1 amide bonds. The maximum Gasteiger partial charge on any atom is 0.409 e. The zero-order chi connectivity index (χ0) is 36.5. The van der Waals surface area contributed by atoms with Gasteiger partial charge in [-0.05, 0) is 114 Å². The number of aryl methyl sites for hydroxylation is 1. The van der Waals surface area contributed by atoms with Crippen molar-refractivity contribution in [3.8, 4) is 21.7 Å². The van der Waals surface area contributed by atoms with E-state index in [2.05, 4.69) is 27.8 Å². The van der Waals surface area contributed by atoms with Gasteiger partial charge in [0.05, 0.1) is 40.2 Å². The third-order valence-electron chi connectivity index (χ3n) is 10.6. The van der Waals surface area contributed by atoms with Gasteiger partial charge in [-0.3, -0.25) is 9.58 Å². The van der Waals surface area contributed by atoms with Gasteiger partial charge < -0.3 is 19.5 Å². The molecule has 12 heteroatoms. The number of carboxylic acids is 1. The number of likely N-dealkylation sites (tertiary alicyclic amines) is 2. The van der Waals surface area contributed by atoms with Crippen LogP contribution in [0.4, 0.5) is 4.79 Å². The number of aromatic nitrogens is 3. The van der Waals surface area contributed by atoms with Crippen LogP contribution >= 0.6 is 22.9 Å². The number of piperidine rings is 1. The minimum Gasteiger partial charge on any atom is -0.479 e. The highest BCUT2D eigenvalue weighted by Crippen LogP contribution is 2.46. The summed E-state index contributed by atoms with van der Waals surface area (Å²) in [7, 11) is 1.44. The number of thiazole rings is 1. The van der Waals surface area contributed by atoms with Gasteiger partial charge in [0, 0.05) is 52.1 Å². The number of benzene rings is 3. The summed E-state index contributed by atoms with van der Waals surface area (Å²) in [5.74, 6) is -0.691. The maximum atomic E-state index is 12.8. The van der Waals surface area contributed by atoms with Crippen LogP contribution in [0.2, 0.25) is 5.02 Å². The van der Waals surface area contributed by atoms with Crippen LogP contribution in [0.1, 0.15) is 81.3 Å². The molecule has 52 heavy (non-hydrogen) atoms. The molecule has 2 aliphatic heterocycles. The Balaban J connectivity index is 1.17. The largest absolute Gasteiger partial charge is 0.479 e. The number of methoxy groups -OCH3 is 1. The minimum absolute atomic E-state index is 0.247. The second-order valence-corrected chi connectivity index (χ2v) is 16.9. The molecule has 3 fully saturated rings. The molecule has 272 valence electrons. The number of fused-ring (bicyclic) bond motifs is 2. The molecule has 0 spiro atoms. The summed E-state index contributed by atoms with van der Waals surface area (Å²) < 4.78 is 14.3. The molecule has 0 bridgehead atoms. The van der Waals surface area contributed by atoms with E-state index in [9.17, 15) is 14.7 Å². The summed E-state index contributed by atoms with van der Waals surface area (Å²) in [5, 5.41) is 18.4. The molecular formula is C40H44ClN5O5S. The van der Waals surface area contributed by atoms with E-state index in [1.807, 2.05) is 58.0 Å². The average molecular weight is 742 g/mol. The Bertz CT molecular complexity index is 2170. The summed E-state index contributed by atoms with van der Waals surface area (Å²) in [6.07, 6.45) is 2.92. The fourth-order valence-corrected chi connectivity index (χ4v) is 9.11. The first-order valence-electron chi connectivity index (χ1n) is 18.1. The topological polar surface area (TPSA) is 110 Å². The predicted octanol–water partition coefficient (Wildman–Crippen LogP) is 8.85. The number of rotatable bonds is 8. The van der Waals surface area contributed by atoms with Gasteiger partial charge in [-0.25, -0.2) is 14.6 Å². The number of carbonyl (C=O) groups excluding carboxylic acids is 1. The Hall–Kier alpha value is -4.03. The van der Waals surface area contributed by atoms with Gasteiger partial charge >= 0.3 is 12.1 Å². The number of carboxylic acid groups (broad SMARTS) is 1. The Labute approximate surface area is 312 Å². The van der Waals surface area contributed by atoms with Crippen molar-refractivity contribution < 1.29 is 24.2 Å². The van der Waals surface area contributed by atoms with Crippen molar-refractivity contribution >= 4 is 56.1 Å². The van der Waals surface area contributed by atoms with Crippen molar-refractivity contribution in [3.63, 3.8) is 0 Å². The van der Waals surface area contributed by atoms with Gasteiger partial charge in [-0.2, -0.15) is 5.10 Å². The van der Waals surface area contributed by atoms with Crippen LogP contribution < -0.4 is 0 Å². The van der Waals surface area contributed by atoms with E-state index in [1.54, 1.807) is 16.2 Å². The summed E-state index contributed by atoms with van der Waals surface area (Å²) in [6, 6.07) is 17.0. The number of carbonyl (C=O) groups is 2. The molecule has 10 nitrogen and oxygen atoms in total. The normalized spacial score (nSPS) is 18.2. The number of hydrogen-bond donors (Lipinski definition) is 1. The van der Waals surface area contributed by atoms with E-state index >= 15 is 0 Å². The lowest BCUT2D eigenvalue weighted by Gasteiger charge is -2.46. The number of hydrogen-bond acceptors (Lipinski definition) is 8. The zero-order valence-corrected chi connectivity index (χ0v) is 31.8. The number of aliphatic carboxylic acids is 1. The van der Waals surface area contributed by atoms with Crippen molar-refractivity contribution in [2.75, 3.05) is 33.3 Å². The van der Waals surface area contributed by atoms with Gasteiger partial charge in [-0.15, -0.1) is 11.3 Å². The average Bonchev–Trinajstić information content (AvgIpc) is 3.74. The smallest absolute Gasteiger partial charge is 0.409 e. The second kappa shape index (κ2) is 13.4. The maximum absolute atomic E-state index is 12.8. The summed E-state index contributed by atoms with van der Waals surface area (Å²) >= 11 is 7.88. The third-order valence-corrected chi connectivity index (χ3v) is 12.0. The van der Waals surface area contributed by atoms with Gasteiger partial charge in [0.2, 0.25) is 0 Å². The van der Waals surface area contributed by atoms with Crippen LogP contribution in [0.15, 0.2) is 48.5 Å². The minimum atomic E-state index is -1.17. The fraction of sp³-hybridized carbons (Fsp3) is 0.450. The van der Waals surface area contributed by atoms with E-state index in [0.717, 1.165) is 95.0 Å². The van der Waals surface area contributed by atoms with E-state index in [1.165, 1.54) is 18.0 Å². The lowest BCUT2D eigenvalue weighted by molar-refractivity contribution is -0.160. The van der Waals surface area contributed by atoms with Crippen LogP contribution in [-0.2, 0) is 14.3 Å². The molecule has 2 aromatic heterocycles. The Morgan fingerprint density at radius 2 is 1.67 bits per heavy atom. The summed E-state index contributed by atoms with van der Waals surface area (Å²) in [4.78, 5) is 34.1. The number of amides is 1. The first-order valence-corrected chi connectivity index (χ1v) is 19.3. The molecule has 3 aliphatic rings. The molecule has 2 saturated heterocycles. The van der Waals surface area contributed by atoms with Gasteiger partial charge in [-0.1, -0.05) is 23.7 Å². The van der Waals surface area contributed by atoms with Gasteiger partial charge in [0.15, 0.2) is 6.10 Å². The molecule has 0 radical (unpaired) electrons. The lowest BCUT2D eigenvalue weighted by atomic mass is 9.90. The van der Waals surface area contributed by atoms with E-state index in [-0.39, 0.29) is 6.09 Å². The summed E-state index contributed by atoms with van der Waals surface area (Å²) in [5.41, 5.74) is 6.58. The molecule has 5 aromatic rings. The second-order valence-electron chi connectivity index (χ2n) is 15.4. The molecule has 3 aromatic carbocycles. The Kier molecular flexibility index (Phi) is 9.05.